The number of hydrogen-bond acceptors (Lipinski definition) is 5. The van der Waals surface area contributed by atoms with Crippen molar-refractivity contribution >= 4 is 28.0 Å². The van der Waals surface area contributed by atoms with Crippen LogP contribution >= 0.6 is 11.3 Å². The predicted octanol–water partition coefficient (Wildman–Crippen LogP) is 2.53. The maximum absolute atomic E-state index is 12.5. The molecule has 0 aliphatic heterocycles. The zero-order chi connectivity index (χ0) is 16.7. The zero-order valence-corrected chi connectivity index (χ0v) is 14.0. The van der Waals surface area contributed by atoms with Crippen LogP contribution in [-0.2, 0) is 12.8 Å². The Labute approximate surface area is 142 Å². The Kier molecular flexibility index (Phi) is 3.65. The molecule has 6 nitrogen and oxygen atoms in total. The highest BCUT2D eigenvalue weighted by Gasteiger charge is 2.21. The van der Waals surface area contributed by atoms with E-state index in [-0.39, 0.29) is 11.1 Å². The average Bonchev–Trinajstić information content (AvgIpc) is 2.96. The van der Waals surface area contributed by atoms with Crippen molar-refractivity contribution in [3.63, 3.8) is 0 Å². The first-order chi connectivity index (χ1) is 11.6. The van der Waals surface area contributed by atoms with Crippen molar-refractivity contribution in [1.82, 2.24) is 14.4 Å². The van der Waals surface area contributed by atoms with E-state index < -0.39 is 5.91 Å². The van der Waals surface area contributed by atoms with Crippen LogP contribution in [0.4, 0.5) is 5.13 Å². The summed E-state index contributed by atoms with van der Waals surface area (Å²) < 4.78 is 1.36. The van der Waals surface area contributed by atoms with Crippen molar-refractivity contribution in [2.45, 2.75) is 26.2 Å². The van der Waals surface area contributed by atoms with Gasteiger partial charge in [0.15, 0.2) is 5.13 Å². The summed E-state index contributed by atoms with van der Waals surface area (Å²) in [4.78, 5) is 34.8. The van der Waals surface area contributed by atoms with E-state index in [9.17, 15) is 9.59 Å². The molecule has 0 fully saturated rings. The van der Waals surface area contributed by atoms with Crippen molar-refractivity contribution in [2.75, 3.05) is 5.32 Å². The molecule has 3 heterocycles. The minimum absolute atomic E-state index is 0.0141. The first-order valence-electron chi connectivity index (χ1n) is 7.88. The van der Waals surface area contributed by atoms with Crippen LogP contribution in [0.5, 0.6) is 0 Å². The third kappa shape index (κ3) is 2.60. The van der Waals surface area contributed by atoms with Gasteiger partial charge in [-0.2, -0.15) is 0 Å². The van der Waals surface area contributed by atoms with Gasteiger partial charge >= 0.3 is 0 Å². The van der Waals surface area contributed by atoms with E-state index in [4.69, 9.17) is 0 Å². The molecular weight excluding hydrogens is 324 g/mol. The van der Waals surface area contributed by atoms with E-state index in [1.54, 1.807) is 24.4 Å². The van der Waals surface area contributed by atoms with Crippen LogP contribution in [-0.4, -0.2) is 20.3 Å². The number of pyridine rings is 1. The summed E-state index contributed by atoms with van der Waals surface area (Å²) in [6, 6.07) is 5.25. The van der Waals surface area contributed by atoms with Gasteiger partial charge < -0.3 is 0 Å². The highest BCUT2D eigenvalue weighted by atomic mass is 32.1. The van der Waals surface area contributed by atoms with Gasteiger partial charge in [0.2, 0.25) is 0 Å². The Morgan fingerprint density at radius 1 is 1.42 bits per heavy atom. The number of fused-ring (bicyclic) bond motifs is 2. The molecule has 7 heteroatoms. The zero-order valence-electron chi connectivity index (χ0n) is 13.2. The van der Waals surface area contributed by atoms with E-state index in [0.29, 0.717) is 16.7 Å². The molecule has 0 radical (unpaired) electrons. The fraction of sp³-hybridized carbons (Fsp3) is 0.294. The molecule has 1 atom stereocenters. The summed E-state index contributed by atoms with van der Waals surface area (Å²) in [5, 5.41) is 3.30. The molecule has 0 aromatic carbocycles. The van der Waals surface area contributed by atoms with Gasteiger partial charge in [0.05, 0.1) is 5.69 Å². The van der Waals surface area contributed by atoms with Gasteiger partial charge in [0.1, 0.15) is 11.2 Å². The second-order valence-electron chi connectivity index (χ2n) is 6.10. The topological polar surface area (TPSA) is 76.4 Å². The number of carbonyl (C=O) groups is 1. The summed E-state index contributed by atoms with van der Waals surface area (Å²) in [7, 11) is 0. The van der Waals surface area contributed by atoms with Gasteiger partial charge in [0, 0.05) is 17.3 Å². The van der Waals surface area contributed by atoms with E-state index in [2.05, 4.69) is 22.2 Å². The molecule has 4 rings (SSSR count). The fourth-order valence-corrected chi connectivity index (χ4v) is 4.11. The number of aromatic nitrogens is 3. The van der Waals surface area contributed by atoms with Crippen LogP contribution in [0.1, 0.15) is 34.3 Å². The SMILES string of the molecule is CC1CCc2nc(NC(=O)c3cnc4ccccn4c3=O)sc2C1. The lowest BCUT2D eigenvalue weighted by Crippen LogP contribution is -2.26. The molecular formula is C17H16N4O2S. The molecule has 0 bridgehead atoms. The number of nitrogens with zero attached hydrogens (tertiary/aromatic N) is 3. The van der Waals surface area contributed by atoms with Gasteiger partial charge in [-0.05, 0) is 37.3 Å². The Morgan fingerprint density at radius 3 is 3.17 bits per heavy atom. The standard InChI is InChI=1S/C17H16N4O2S/c1-10-5-6-12-13(8-10)24-17(19-12)20-15(22)11-9-18-14-4-2-3-7-21(14)16(11)23/h2-4,7,9-10H,5-6,8H2,1H3,(H,19,20,22). The maximum Gasteiger partial charge on any atom is 0.270 e. The van der Waals surface area contributed by atoms with Crippen LogP contribution in [0.25, 0.3) is 5.65 Å². The predicted molar refractivity (Wildman–Crippen MR) is 92.7 cm³/mol. The van der Waals surface area contributed by atoms with Gasteiger partial charge in [-0.15, -0.1) is 11.3 Å². The number of aryl methyl sites for hydroxylation is 1. The summed E-state index contributed by atoms with van der Waals surface area (Å²) in [6.45, 7) is 2.22. The van der Waals surface area contributed by atoms with Gasteiger partial charge in [-0.25, -0.2) is 9.97 Å². The van der Waals surface area contributed by atoms with Crippen LogP contribution in [0.3, 0.4) is 0 Å². The van der Waals surface area contributed by atoms with E-state index in [1.807, 2.05) is 0 Å². The van der Waals surface area contributed by atoms with E-state index in [0.717, 1.165) is 25.0 Å². The van der Waals surface area contributed by atoms with Crippen LogP contribution in [0, 0.1) is 5.92 Å². The number of hydrogen-bond donors (Lipinski definition) is 1. The molecule has 0 saturated carbocycles. The second kappa shape index (κ2) is 5.83. The lowest BCUT2D eigenvalue weighted by atomic mass is 9.93. The van der Waals surface area contributed by atoms with Crippen LogP contribution in [0.15, 0.2) is 35.4 Å². The molecule has 24 heavy (non-hydrogen) atoms. The Bertz CT molecular complexity index is 992. The molecule has 0 spiro atoms. The molecule has 122 valence electrons. The number of anilines is 1. The number of rotatable bonds is 2. The van der Waals surface area contributed by atoms with Gasteiger partial charge in [-0.3, -0.25) is 19.3 Å². The molecule has 0 saturated heterocycles. The van der Waals surface area contributed by atoms with Crippen LogP contribution < -0.4 is 10.9 Å². The quantitative estimate of drug-likeness (QED) is 0.778. The van der Waals surface area contributed by atoms with Crippen molar-refractivity contribution in [2.24, 2.45) is 5.92 Å². The number of amides is 1. The van der Waals surface area contributed by atoms with Crippen molar-refractivity contribution in [1.29, 1.82) is 0 Å². The highest BCUT2D eigenvalue weighted by Crippen LogP contribution is 2.32. The monoisotopic (exact) mass is 340 g/mol. The summed E-state index contributed by atoms with van der Waals surface area (Å²) in [6.07, 6.45) is 6.00. The molecule has 1 aliphatic carbocycles. The lowest BCUT2D eigenvalue weighted by Gasteiger charge is -2.15. The number of carbonyl (C=O) groups excluding carboxylic acids is 1. The first-order valence-corrected chi connectivity index (χ1v) is 8.70. The molecule has 1 N–H and O–H groups in total. The molecule has 1 amide bonds. The Morgan fingerprint density at radius 2 is 2.29 bits per heavy atom. The van der Waals surface area contributed by atoms with E-state index >= 15 is 0 Å². The van der Waals surface area contributed by atoms with Crippen molar-refractivity contribution in [3.8, 4) is 0 Å². The van der Waals surface area contributed by atoms with Crippen molar-refractivity contribution in [3.05, 3.63) is 57.1 Å². The van der Waals surface area contributed by atoms with Crippen molar-refractivity contribution < 1.29 is 4.79 Å². The maximum atomic E-state index is 12.5. The Balaban J connectivity index is 1.63. The average molecular weight is 340 g/mol. The second-order valence-corrected chi connectivity index (χ2v) is 7.18. The number of nitrogens with one attached hydrogen (secondary N) is 1. The minimum atomic E-state index is -0.468. The minimum Gasteiger partial charge on any atom is -0.298 e. The third-order valence-corrected chi connectivity index (χ3v) is 5.30. The van der Waals surface area contributed by atoms with Gasteiger partial charge in [0.25, 0.3) is 11.5 Å². The van der Waals surface area contributed by atoms with Gasteiger partial charge in [-0.1, -0.05) is 13.0 Å². The lowest BCUT2D eigenvalue weighted by molar-refractivity contribution is 0.102. The summed E-state index contributed by atoms with van der Waals surface area (Å²) >= 11 is 1.50. The third-order valence-electron chi connectivity index (χ3n) is 4.26. The summed E-state index contributed by atoms with van der Waals surface area (Å²) in [5.41, 5.74) is 1.22. The normalized spacial score (nSPS) is 16.8. The largest absolute Gasteiger partial charge is 0.298 e. The molecule has 3 aromatic heterocycles. The number of thiazole rings is 1. The summed E-state index contributed by atoms with van der Waals surface area (Å²) in [5.74, 6) is 0.181. The fourth-order valence-electron chi connectivity index (χ4n) is 2.94. The van der Waals surface area contributed by atoms with E-state index in [1.165, 1.54) is 26.8 Å². The Hall–Kier alpha value is -2.54. The van der Waals surface area contributed by atoms with Crippen LogP contribution in [0.2, 0.25) is 0 Å². The first kappa shape index (κ1) is 15.0. The molecule has 1 aliphatic rings. The highest BCUT2D eigenvalue weighted by molar-refractivity contribution is 7.15. The molecule has 3 aromatic rings. The molecule has 1 unspecified atom stereocenters. The smallest absolute Gasteiger partial charge is 0.270 e.